The van der Waals surface area contributed by atoms with Crippen molar-refractivity contribution in [2.24, 2.45) is 0 Å². The molecule has 0 fully saturated rings. The number of sulfone groups is 1. The lowest BCUT2D eigenvalue weighted by molar-refractivity contribution is -0.136. The quantitative estimate of drug-likeness (QED) is 0.603. The Labute approximate surface area is 178 Å². The minimum Gasteiger partial charge on any atom is -0.341 e. The standard InChI is InChI=1S/C21H19FN4O4S/c1-13(14-5-3-2-4-6-14)23-20(27)21(28)24-19-17-11-31(29,30)12-18(17)25-26(19)16-9-7-15(22)8-10-16/h2-10,13H,11-12H2,1H3,(H,23,27)(H,24,28). The van der Waals surface area contributed by atoms with Crippen LogP contribution in [0.25, 0.3) is 5.69 Å². The second kappa shape index (κ2) is 7.95. The van der Waals surface area contributed by atoms with Gasteiger partial charge in [0, 0.05) is 5.56 Å². The third-order valence-electron chi connectivity index (χ3n) is 4.94. The van der Waals surface area contributed by atoms with Gasteiger partial charge in [-0.05, 0) is 36.8 Å². The smallest absolute Gasteiger partial charge is 0.314 e. The van der Waals surface area contributed by atoms with Gasteiger partial charge in [-0.15, -0.1) is 0 Å². The summed E-state index contributed by atoms with van der Waals surface area (Å²) in [6.45, 7) is 1.74. The minimum absolute atomic E-state index is 0.0789. The zero-order valence-corrected chi connectivity index (χ0v) is 17.3. The number of amides is 2. The van der Waals surface area contributed by atoms with E-state index in [9.17, 15) is 22.4 Å². The molecule has 4 rings (SSSR count). The number of rotatable bonds is 4. The Kier molecular flexibility index (Phi) is 5.32. The highest BCUT2D eigenvalue weighted by Crippen LogP contribution is 2.33. The lowest BCUT2D eigenvalue weighted by Crippen LogP contribution is -2.37. The van der Waals surface area contributed by atoms with E-state index in [1.807, 2.05) is 30.3 Å². The number of fused-ring (bicyclic) bond motifs is 1. The molecular formula is C21H19FN4O4S. The molecule has 10 heteroatoms. The SMILES string of the molecule is CC(NC(=O)C(=O)Nc1c2c(nn1-c1ccc(F)cc1)CS(=O)(=O)C2)c1ccccc1. The van der Waals surface area contributed by atoms with Crippen LogP contribution in [-0.4, -0.2) is 30.0 Å². The highest BCUT2D eigenvalue weighted by atomic mass is 32.2. The number of nitrogens with zero attached hydrogens (tertiary/aromatic N) is 2. The average molecular weight is 442 g/mol. The maximum absolute atomic E-state index is 13.3. The molecule has 0 radical (unpaired) electrons. The van der Waals surface area contributed by atoms with Crippen molar-refractivity contribution in [2.75, 3.05) is 5.32 Å². The summed E-state index contributed by atoms with van der Waals surface area (Å²) in [6.07, 6.45) is 0. The van der Waals surface area contributed by atoms with Crippen molar-refractivity contribution in [1.82, 2.24) is 15.1 Å². The van der Waals surface area contributed by atoms with Crippen LogP contribution in [0.3, 0.4) is 0 Å². The maximum Gasteiger partial charge on any atom is 0.314 e. The number of carbonyl (C=O) groups excluding carboxylic acids is 2. The van der Waals surface area contributed by atoms with Crippen molar-refractivity contribution in [3.8, 4) is 5.69 Å². The van der Waals surface area contributed by atoms with Crippen molar-refractivity contribution >= 4 is 27.5 Å². The summed E-state index contributed by atoms with van der Waals surface area (Å²) in [4.78, 5) is 25.1. The Morgan fingerprint density at radius 3 is 2.39 bits per heavy atom. The molecule has 160 valence electrons. The fraction of sp³-hybridized carbons (Fsp3) is 0.190. The Morgan fingerprint density at radius 1 is 1.03 bits per heavy atom. The molecule has 31 heavy (non-hydrogen) atoms. The number of hydrogen-bond acceptors (Lipinski definition) is 5. The molecule has 3 aromatic rings. The van der Waals surface area contributed by atoms with Gasteiger partial charge in [0.05, 0.1) is 28.9 Å². The lowest BCUT2D eigenvalue weighted by atomic mass is 10.1. The molecule has 1 aliphatic rings. The molecule has 0 saturated heterocycles. The predicted molar refractivity (Wildman–Crippen MR) is 111 cm³/mol. The van der Waals surface area contributed by atoms with E-state index in [1.54, 1.807) is 6.92 Å². The molecule has 0 aliphatic carbocycles. The van der Waals surface area contributed by atoms with Gasteiger partial charge in [-0.2, -0.15) is 5.10 Å². The number of aromatic nitrogens is 2. The van der Waals surface area contributed by atoms with Gasteiger partial charge < -0.3 is 10.6 Å². The highest BCUT2D eigenvalue weighted by Gasteiger charge is 2.34. The second-order valence-electron chi connectivity index (χ2n) is 7.25. The minimum atomic E-state index is -3.39. The molecule has 2 N–H and O–H groups in total. The first-order valence-corrected chi connectivity index (χ1v) is 11.3. The van der Waals surface area contributed by atoms with E-state index in [2.05, 4.69) is 15.7 Å². The highest BCUT2D eigenvalue weighted by molar-refractivity contribution is 7.90. The average Bonchev–Trinajstić information content (AvgIpc) is 3.21. The Hall–Kier alpha value is -3.53. The van der Waals surface area contributed by atoms with Gasteiger partial charge in [0.2, 0.25) is 0 Å². The summed E-state index contributed by atoms with van der Waals surface area (Å²) in [6, 6.07) is 14.1. The van der Waals surface area contributed by atoms with Crippen molar-refractivity contribution in [2.45, 2.75) is 24.5 Å². The van der Waals surface area contributed by atoms with Crippen LogP contribution in [0.2, 0.25) is 0 Å². The van der Waals surface area contributed by atoms with E-state index in [0.717, 1.165) is 5.56 Å². The summed E-state index contributed by atoms with van der Waals surface area (Å²) >= 11 is 0. The largest absolute Gasteiger partial charge is 0.341 e. The van der Waals surface area contributed by atoms with Crippen molar-refractivity contribution in [3.05, 3.63) is 77.2 Å². The molecule has 0 spiro atoms. The van der Waals surface area contributed by atoms with Gasteiger partial charge in [-0.1, -0.05) is 30.3 Å². The van der Waals surface area contributed by atoms with E-state index in [0.29, 0.717) is 11.3 Å². The molecule has 2 heterocycles. The van der Waals surface area contributed by atoms with Gasteiger partial charge in [-0.25, -0.2) is 17.5 Å². The van der Waals surface area contributed by atoms with E-state index in [4.69, 9.17) is 0 Å². The Bertz CT molecular complexity index is 1250. The van der Waals surface area contributed by atoms with Crippen LogP contribution in [0.5, 0.6) is 0 Å². The fourth-order valence-corrected chi connectivity index (χ4v) is 4.89. The van der Waals surface area contributed by atoms with Gasteiger partial charge in [0.25, 0.3) is 0 Å². The molecule has 0 saturated carbocycles. The molecular weight excluding hydrogens is 423 g/mol. The van der Waals surface area contributed by atoms with E-state index in [-0.39, 0.29) is 23.0 Å². The summed E-state index contributed by atoms with van der Waals surface area (Å²) in [5.74, 6) is -2.78. The van der Waals surface area contributed by atoms with Crippen LogP contribution in [0.4, 0.5) is 10.2 Å². The summed E-state index contributed by atoms with van der Waals surface area (Å²) in [7, 11) is -3.39. The fourth-order valence-electron chi connectivity index (χ4n) is 3.39. The number of nitrogens with one attached hydrogen (secondary N) is 2. The number of benzene rings is 2. The van der Waals surface area contributed by atoms with E-state index >= 15 is 0 Å². The lowest BCUT2D eigenvalue weighted by Gasteiger charge is -2.15. The molecule has 1 aliphatic heterocycles. The van der Waals surface area contributed by atoms with Crippen LogP contribution >= 0.6 is 0 Å². The van der Waals surface area contributed by atoms with E-state index in [1.165, 1.54) is 28.9 Å². The molecule has 1 unspecified atom stereocenters. The first-order chi connectivity index (χ1) is 14.7. The van der Waals surface area contributed by atoms with Gasteiger partial charge >= 0.3 is 11.8 Å². The Balaban J connectivity index is 1.60. The third-order valence-corrected chi connectivity index (χ3v) is 6.39. The first-order valence-electron chi connectivity index (χ1n) is 9.47. The molecule has 1 aromatic heterocycles. The first kappa shape index (κ1) is 20.7. The molecule has 2 aromatic carbocycles. The number of carbonyl (C=O) groups is 2. The van der Waals surface area contributed by atoms with Crippen molar-refractivity contribution in [1.29, 1.82) is 0 Å². The summed E-state index contributed by atoms with van der Waals surface area (Å²) < 4.78 is 38.7. The van der Waals surface area contributed by atoms with Gasteiger partial charge in [0.15, 0.2) is 9.84 Å². The van der Waals surface area contributed by atoms with Crippen molar-refractivity contribution < 1.29 is 22.4 Å². The number of anilines is 1. The van der Waals surface area contributed by atoms with Crippen LogP contribution in [0, 0.1) is 5.82 Å². The van der Waals surface area contributed by atoms with Crippen LogP contribution < -0.4 is 10.6 Å². The topological polar surface area (TPSA) is 110 Å². The molecule has 2 amide bonds. The third kappa shape index (κ3) is 4.33. The normalized spacial score (nSPS) is 15.2. The van der Waals surface area contributed by atoms with E-state index < -0.39 is 33.5 Å². The zero-order valence-electron chi connectivity index (χ0n) is 16.5. The Morgan fingerprint density at radius 2 is 1.71 bits per heavy atom. The number of halogens is 1. The zero-order chi connectivity index (χ0) is 22.2. The molecule has 1 atom stereocenters. The number of hydrogen-bond donors (Lipinski definition) is 2. The predicted octanol–water partition coefficient (Wildman–Crippen LogP) is 2.26. The second-order valence-corrected chi connectivity index (χ2v) is 9.32. The molecule has 0 bridgehead atoms. The molecule has 8 nitrogen and oxygen atoms in total. The van der Waals surface area contributed by atoms with Crippen molar-refractivity contribution in [3.63, 3.8) is 0 Å². The van der Waals surface area contributed by atoms with Crippen LogP contribution in [0.15, 0.2) is 54.6 Å². The van der Waals surface area contributed by atoms with Crippen LogP contribution in [0.1, 0.15) is 29.8 Å². The van der Waals surface area contributed by atoms with Crippen LogP contribution in [-0.2, 0) is 30.9 Å². The summed E-state index contributed by atoms with van der Waals surface area (Å²) in [5.41, 5.74) is 1.85. The monoisotopic (exact) mass is 442 g/mol. The van der Waals surface area contributed by atoms with Gasteiger partial charge in [0.1, 0.15) is 11.6 Å². The summed E-state index contributed by atoms with van der Waals surface area (Å²) in [5, 5.41) is 9.38. The van der Waals surface area contributed by atoms with Gasteiger partial charge in [-0.3, -0.25) is 9.59 Å². The maximum atomic E-state index is 13.3.